The fraction of sp³-hybridized carbons (Fsp3) is 0.462. The van der Waals surface area contributed by atoms with Gasteiger partial charge < -0.3 is 10.1 Å². The lowest BCUT2D eigenvalue weighted by molar-refractivity contribution is 0.0913. The Morgan fingerprint density at radius 1 is 1.53 bits per heavy atom. The normalized spacial score (nSPS) is 12.2. The molecule has 1 N–H and O–H groups in total. The van der Waals surface area contributed by atoms with Crippen LogP contribution in [0.25, 0.3) is 0 Å². The average molecular weight is 239 g/mol. The van der Waals surface area contributed by atoms with Crippen molar-refractivity contribution < 1.29 is 13.9 Å². The molecule has 0 spiro atoms. The summed E-state index contributed by atoms with van der Waals surface area (Å²) in [6.07, 6.45) is 0.708. The number of rotatable bonds is 6. The van der Waals surface area contributed by atoms with Gasteiger partial charge in [-0.05, 0) is 31.7 Å². The highest BCUT2D eigenvalue weighted by molar-refractivity contribution is 6.00. The van der Waals surface area contributed by atoms with Crippen LogP contribution < -0.4 is 10.1 Å². The van der Waals surface area contributed by atoms with Crippen molar-refractivity contribution in [1.29, 1.82) is 0 Å². The first-order valence-electron chi connectivity index (χ1n) is 5.66. The quantitative estimate of drug-likeness (QED) is 0.774. The molecule has 0 radical (unpaired) electrons. The predicted octanol–water partition coefficient (Wildman–Crippen LogP) is 2.26. The van der Waals surface area contributed by atoms with E-state index in [1.807, 2.05) is 6.92 Å². The Balaban J connectivity index is 3.04. The monoisotopic (exact) mass is 239 g/mol. The molecule has 1 unspecified atom stereocenters. The molecule has 94 valence electrons. The maximum Gasteiger partial charge on any atom is 0.171 e. The Kier molecular flexibility index (Phi) is 5.10. The predicted molar refractivity (Wildman–Crippen MR) is 65.0 cm³/mol. The number of hydrogen-bond acceptors (Lipinski definition) is 3. The molecule has 0 aliphatic rings. The smallest absolute Gasteiger partial charge is 0.171 e. The number of carbonyl (C=O) groups excluding carboxylic acids is 1. The number of carbonyl (C=O) groups is 1. The van der Waals surface area contributed by atoms with Gasteiger partial charge in [0, 0.05) is 12.5 Å². The average Bonchev–Trinajstić information content (AvgIpc) is 2.35. The van der Waals surface area contributed by atoms with E-state index in [0.717, 1.165) is 0 Å². The van der Waals surface area contributed by atoms with E-state index in [4.69, 9.17) is 4.74 Å². The van der Waals surface area contributed by atoms with Crippen LogP contribution in [-0.4, -0.2) is 26.5 Å². The van der Waals surface area contributed by atoms with Gasteiger partial charge in [-0.15, -0.1) is 0 Å². The lowest BCUT2D eigenvalue weighted by Gasteiger charge is -2.15. The van der Waals surface area contributed by atoms with Crippen LogP contribution in [0.4, 0.5) is 4.39 Å². The van der Waals surface area contributed by atoms with Crippen molar-refractivity contribution in [2.75, 3.05) is 20.7 Å². The second kappa shape index (κ2) is 6.35. The minimum atomic E-state index is -0.423. The number of ketones is 1. The summed E-state index contributed by atoms with van der Waals surface area (Å²) < 4.78 is 18.3. The van der Waals surface area contributed by atoms with Gasteiger partial charge in [0.15, 0.2) is 5.78 Å². The van der Waals surface area contributed by atoms with E-state index in [1.54, 1.807) is 7.05 Å². The fourth-order valence-corrected chi connectivity index (χ4v) is 1.76. The fourth-order valence-electron chi connectivity index (χ4n) is 1.76. The van der Waals surface area contributed by atoms with Crippen molar-refractivity contribution in [2.45, 2.75) is 13.3 Å². The first kappa shape index (κ1) is 13.6. The first-order valence-corrected chi connectivity index (χ1v) is 5.66. The molecule has 0 amide bonds. The topological polar surface area (TPSA) is 38.3 Å². The summed E-state index contributed by atoms with van der Waals surface area (Å²) in [6.45, 7) is 2.51. The van der Waals surface area contributed by atoms with Crippen molar-refractivity contribution in [1.82, 2.24) is 5.32 Å². The minimum absolute atomic E-state index is 0.0850. The largest absolute Gasteiger partial charge is 0.496 e. The number of benzene rings is 1. The molecular formula is C13H18FNO2. The van der Waals surface area contributed by atoms with E-state index in [9.17, 15) is 9.18 Å². The Hall–Kier alpha value is -1.42. The summed E-state index contributed by atoms with van der Waals surface area (Å²) in [5.74, 6) is -0.242. The highest BCUT2D eigenvalue weighted by Crippen LogP contribution is 2.23. The molecule has 1 aromatic carbocycles. The van der Waals surface area contributed by atoms with Crippen LogP contribution in [0.3, 0.4) is 0 Å². The molecular weight excluding hydrogens is 221 g/mol. The number of hydrogen-bond donors (Lipinski definition) is 1. The zero-order chi connectivity index (χ0) is 12.8. The van der Waals surface area contributed by atoms with Crippen LogP contribution in [0, 0.1) is 11.7 Å². The van der Waals surface area contributed by atoms with E-state index in [1.165, 1.54) is 25.3 Å². The first-order chi connectivity index (χ1) is 8.13. The summed E-state index contributed by atoms with van der Waals surface area (Å²) in [6, 6.07) is 4.00. The van der Waals surface area contributed by atoms with Crippen LogP contribution in [0.1, 0.15) is 23.7 Å². The van der Waals surface area contributed by atoms with Gasteiger partial charge in [-0.1, -0.05) is 6.92 Å². The molecule has 0 heterocycles. The SMILES string of the molecule is CCC(CNC)C(=O)c1cc(F)ccc1OC. The van der Waals surface area contributed by atoms with Crippen molar-refractivity contribution in [2.24, 2.45) is 5.92 Å². The molecule has 1 aromatic rings. The highest BCUT2D eigenvalue weighted by atomic mass is 19.1. The summed E-state index contributed by atoms with van der Waals surface area (Å²) in [5.41, 5.74) is 0.314. The van der Waals surface area contributed by atoms with Crippen LogP contribution in [0.5, 0.6) is 5.75 Å². The molecule has 0 bridgehead atoms. The van der Waals surface area contributed by atoms with Crippen molar-refractivity contribution >= 4 is 5.78 Å². The zero-order valence-corrected chi connectivity index (χ0v) is 10.4. The maximum absolute atomic E-state index is 13.2. The Morgan fingerprint density at radius 2 is 2.24 bits per heavy atom. The number of methoxy groups -OCH3 is 1. The van der Waals surface area contributed by atoms with Gasteiger partial charge in [-0.2, -0.15) is 0 Å². The van der Waals surface area contributed by atoms with E-state index < -0.39 is 5.82 Å². The summed E-state index contributed by atoms with van der Waals surface area (Å²) in [5, 5.41) is 2.97. The molecule has 0 saturated heterocycles. The van der Waals surface area contributed by atoms with Gasteiger partial charge >= 0.3 is 0 Å². The van der Waals surface area contributed by atoms with E-state index in [0.29, 0.717) is 24.3 Å². The molecule has 0 saturated carbocycles. The molecule has 17 heavy (non-hydrogen) atoms. The third-order valence-electron chi connectivity index (χ3n) is 2.74. The van der Waals surface area contributed by atoms with Crippen LogP contribution in [0.15, 0.2) is 18.2 Å². The summed E-state index contributed by atoms with van der Waals surface area (Å²) in [4.78, 5) is 12.2. The third kappa shape index (κ3) is 3.27. The maximum atomic E-state index is 13.2. The van der Waals surface area contributed by atoms with Crippen LogP contribution in [-0.2, 0) is 0 Å². The Bertz CT molecular complexity index is 393. The van der Waals surface area contributed by atoms with E-state index >= 15 is 0 Å². The number of Topliss-reactive ketones (excluding diaryl/α,β-unsaturated/α-hetero) is 1. The molecule has 0 aliphatic heterocycles. The lowest BCUT2D eigenvalue weighted by atomic mass is 9.94. The van der Waals surface area contributed by atoms with Crippen molar-refractivity contribution in [3.05, 3.63) is 29.6 Å². The van der Waals surface area contributed by atoms with E-state index in [2.05, 4.69) is 5.32 Å². The number of nitrogens with one attached hydrogen (secondary N) is 1. The standard InChI is InChI=1S/C13H18FNO2/c1-4-9(8-15-2)13(16)11-7-10(14)5-6-12(11)17-3/h5-7,9,15H,4,8H2,1-3H3. The number of ether oxygens (including phenoxy) is 1. The molecule has 0 aliphatic carbocycles. The van der Waals surface area contributed by atoms with Crippen LogP contribution in [0.2, 0.25) is 0 Å². The highest BCUT2D eigenvalue weighted by Gasteiger charge is 2.21. The number of halogens is 1. The van der Waals surface area contributed by atoms with Gasteiger partial charge in [-0.25, -0.2) is 4.39 Å². The third-order valence-corrected chi connectivity index (χ3v) is 2.74. The second-order valence-corrected chi connectivity index (χ2v) is 3.87. The Labute approximate surface area is 101 Å². The molecule has 4 heteroatoms. The Morgan fingerprint density at radius 3 is 2.76 bits per heavy atom. The van der Waals surface area contributed by atoms with Crippen molar-refractivity contribution in [3.8, 4) is 5.75 Å². The van der Waals surface area contributed by atoms with Gasteiger partial charge in [-0.3, -0.25) is 4.79 Å². The molecule has 0 aromatic heterocycles. The molecule has 1 rings (SSSR count). The second-order valence-electron chi connectivity index (χ2n) is 3.87. The summed E-state index contributed by atoms with van der Waals surface area (Å²) in [7, 11) is 3.27. The zero-order valence-electron chi connectivity index (χ0n) is 10.4. The lowest BCUT2D eigenvalue weighted by Crippen LogP contribution is -2.26. The van der Waals surface area contributed by atoms with Gasteiger partial charge in [0.1, 0.15) is 11.6 Å². The van der Waals surface area contributed by atoms with E-state index in [-0.39, 0.29) is 11.7 Å². The summed E-state index contributed by atoms with van der Waals surface area (Å²) >= 11 is 0. The molecule has 3 nitrogen and oxygen atoms in total. The molecule has 0 fully saturated rings. The van der Waals surface area contributed by atoms with Crippen LogP contribution >= 0.6 is 0 Å². The van der Waals surface area contributed by atoms with Gasteiger partial charge in [0.25, 0.3) is 0 Å². The van der Waals surface area contributed by atoms with Crippen molar-refractivity contribution in [3.63, 3.8) is 0 Å². The minimum Gasteiger partial charge on any atom is -0.496 e. The van der Waals surface area contributed by atoms with Gasteiger partial charge in [0.2, 0.25) is 0 Å². The molecule has 1 atom stereocenters. The van der Waals surface area contributed by atoms with Gasteiger partial charge in [0.05, 0.1) is 12.7 Å².